The Bertz CT molecular complexity index is 808. The topological polar surface area (TPSA) is 55.3 Å². The van der Waals surface area contributed by atoms with Crippen molar-refractivity contribution >= 4 is 22.8 Å². The maximum absolute atomic E-state index is 13.4. The summed E-state index contributed by atoms with van der Waals surface area (Å²) in [7, 11) is 1.26. The smallest absolute Gasteiger partial charge is 0.408 e. The van der Waals surface area contributed by atoms with Gasteiger partial charge < -0.3 is 9.64 Å². The van der Waals surface area contributed by atoms with Crippen LogP contribution in [0.5, 0.6) is 0 Å². The summed E-state index contributed by atoms with van der Waals surface area (Å²) in [6.07, 6.45) is -3.07. The van der Waals surface area contributed by atoms with Crippen LogP contribution in [0.3, 0.4) is 0 Å². The average Bonchev–Trinajstić information content (AvgIpc) is 2.59. The highest BCUT2D eigenvalue weighted by Gasteiger charge is 2.45. The fourth-order valence-electron chi connectivity index (χ4n) is 3.18. The lowest BCUT2D eigenvalue weighted by Crippen LogP contribution is -2.49. The van der Waals surface area contributed by atoms with Crippen LogP contribution in [0, 0.1) is 6.92 Å². The van der Waals surface area contributed by atoms with Crippen LogP contribution in [0.4, 0.5) is 19.0 Å². The molecule has 0 N–H and O–H groups in total. The van der Waals surface area contributed by atoms with Crippen LogP contribution in [0.1, 0.15) is 35.3 Å². The summed E-state index contributed by atoms with van der Waals surface area (Å²) in [6.45, 7) is 1.93. The molecule has 5 nitrogen and oxygen atoms in total. The zero-order chi connectivity index (χ0) is 18.2. The van der Waals surface area contributed by atoms with E-state index in [1.54, 1.807) is 19.1 Å². The lowest BCUT2D eigenvalue weighted by Gasteiger charge is -2.38. The molecular weight excluding hydrogens is 335 g/mol. The van der Waals surface area contributed by atoms with E-state index in [0.29, 0.717) is 29.6 Å². The van der Waals surface area contributed by atoms with Crippen LogP contribution in [0.15, 0.2) is 18.2 Å². The van der Waals surface area contributed by atoms with Crippen molar-refractivity contribution < 1.29 is 22.7 Å². The van der Waals surface area contributed by atoms with E-state index in [1.807, 2.05) is 0 Å². The number of ether oxygens (including phenoxy) is 1. The summed E-state index contributed by atoms with van der Waals surface area (Å²) < 4.78 is 44.8. The molecule has 0 radical (unpaired) electrons. The lowest BCUT2D eigenvalue weighted by molar-refractivity contribution is -0.152. The van der Waals surface area contributed by atoms with E-state index in [-0.39, 0.29) is 24.3 Å². The number of alkyl halides is 3. The van der Waals surface area contributed by atoms with Gasteiger partial charge >= 0.3 is 12.1 Å². The predicted molar refractivity (Wildman–Crippen MR) is 86.7 cm³/mol. The molecule has 1 atom stereocenters. The van der Waals surface area contributed by atoms with Gasteiger partial charge in [0.15, 0.2) is 5.82 Å². The monoisotopic (exact) mass is 353 g/mol. The van der Waals surface area contributed by atoms with Crippen LogP contribution in [-0.4, -0.2) is 41.8 Å². The van der Waals surface area contributed by atoms with Gasteiger partial charge in [-0.1, -0.05) is 0 Å². The maximum atomic E-state index is 13.4. The number of anilines is 1. The van der Waals surface area contributed by atoms with Gasteiger partial charge in [0.1, 0.15) is 6.04 Å². The molecule has 0 aliphatic carbocycles. The van der Waals surface area contributed by atoms with Crippen molar-refractivity contribution in [2.24, 2.45) is 0 Å². The number of hydrogen-bond donors (Lipinski definition) is 0. The van der Waals surface area contributed by atoms with Crippen molar-refractivity contribution in [3.05, 3.63) is 29.5 Å². The number of methoxy groups -OCH3 is 1. The number of fused-ring (bicyclic) bond motifs is 1. The van der Waals surface area contributed by atoms with Crippen molar-refractivity contribution in [3.63, 3.8) is 0 Å². The molecule has 1 aliphatic heterocycles. The van der Waals surface area contributed by atoms with Crippen LogP contribution >= 0.6 is 0 Å². The Morgan fingerprint density at radius 2 is 2.00 bits per heavy atom. The minimum Gasteiger partial charge on any atom is -0.465 e. The summed E-state index contributed by atoms with van der Waals surface area (Å²) in [5.74, 6) is -0.312. The zero-order valence-electron chi connectivity index (χ0n) is 13.9. The first-order valence-electron chi connectivity index (χ1n) is 8.01. The number of benzene rings is 1. The first-order chi connectivity index (χ1) is 11.8. The summed E-state index contributed by atoms with van der Waals surface area (Å²) in [5, 5.41) is 0. The molecule has 134 valence electrons. The van der Waals surface area contributed by atoms with E-state index >= 15 is 0 Å². The van der Waals surface area contributed by atoms with Crippen LogP contribution in [0.2, 0.25) is 0 Å². The van der Waals surface area contributed by atoms with E-state index in [9.17, 15) is 18.0 Å². The molecule has 0 bridgehead atoms. The van der Waals surface area contributed by atoms with Crippen molar-refractivity contribution in [3.8, 4) is 0 Å². The second kappa shape index (κ2) is 6.50. The molecule has 25 heavy (non-hydrogen) atoms. The number of nitrogens with zero attached hydrogens (tertiary/aromatic N) is 3. The van der Waals surface area contributed by atoms with Crippen molar-refractivity contribution in [2.45, 2.75) is 38.4 Å². The summed E-state index contributed by atoms with van der Waals surface area (Å²) in [4.78, 5) is 21.7. The first kappa shape index (κ1) is 17.4. The molecule has 0 spiro atoms. The molecule has 0 unspecified atom stereocenters. The van der Waals surface area contributed by atoms with Gasteiger partial charge in [-0.2, -0.15) is 13.2 Å². The number of carbonyl (C=O) groups excluding carboxylic acids is 1. The van der Waals surface area contributed by atoms with Gasteiger partial charge in [-0.25, -0.2) is 14.8 Å². The quantitative estimate of drug-likeness (QED) is 0.772. The van der Waals surface area contributed by atoms with Gasteiger partial charge in [-0.05, 0) is 44.4 Å². The van der Waals surface area contributed by atoms with E-state index in [2.05, 4.69) is 14.7 Å². The van der Waals surface area contributed by atoms with E-state index in [1.165, 1.54) is 18.1 Å². The summed E-state index contributed by atoms with van der Waals surface area (Å²) in [6, 6.07) is 3.10. The van der Waals surface area contributed by atoms with E-state index in [0.717, 1.165) is 0 Å². The fourth-order valence-corrected chi connectivity index (χ4v) is 3.18. The molecule has 1 aliphatic rings. The van der Waals surface area contributed by atoms with E-state index < -0.39 is 18.2 Å². The highest BCUT2D eigenvalue weighted by atomic mass is 19.4. The number of hydrogen-bond acceptors (Lipinski definition) is 5. The Kier molecular flexibility index (Phi) is 4.53. The third-order valence-electron chi connectivity index (χ3n) is 4.39. The van der Waals surface area contributed by atoms with Crippen LogP contribution in [0.25, 0.3) is 11.0 Å². The van der Waals surface area contributed by atoms with Gasteiger partial charge in [0.25, 0.3) is 0 Å². The third kappa shape index (κ3) is 3.38. The Morgan fingerprint density at radius 3 is 2.68 bits per heavy atom. The highest BCUT2D eigenvalue weighted by Crippen LogP contribution is 2.35. The second-order valence-corrected chi connectivity index (χ2v) is 6.07. The molecule has 1 aromatic carbocycles. The summed E-state index contributed by atoms with van der Waals surface area (Å²) >= 11 is 0. The van der Waals surface area contributed by atoms with Crippen LogP contribution in [-0.2, 0) is 4.74 Å². The first-order valence-corrected chi connectivity index (χ1v) is 8.01. The molecule has 2 aromatic rings. The Morgan fingerprint density at radius 1 is 1.24 bits per heavy atom. The molecular formula is C17H18F3N3O2. The Balaban J connectivity index is 2.08. The average molecular weight is 353 g/mol. The molecule has 8 heteroatoms. The number of carbonyl (C=O) groups is 1. The van der Waals surface area contributed by atoms with Crippen LogP contribution < -0.4 is 4.90 Å². The normalized spacial score (nSPS) is 18.4. The standard InChI is InChI=1S/C17H18F3N3O2/c1-10-15(23-8-4-3-5-14(23)17(18,19)20)22-13-9-11(16(24)25-2)6-7-12(13)21-10/h6-7,9,14H,3-5,8H2,1-2H3/t14-/m1/s1. The Labute approximate surface area is 142 Å². The van der Waals surface area contributed by atoms with Gasteiger partial charge in [-0.3, -0.25) is 0 Å². The highest BCUT2D eigenvalue weighted by molar-refractivity contribution is 5.93. The van der Waals surface area contributed by atoms with Gasteiger partial charge in [0.05, 0.1) is 29.4 Å². The molecule has 1 aromatic heterocycles. The van der Waals surface area contributed by atoms with E-state index in [4.69, 9.17) is 0 Å². The van der Waals surface area contributed by atoms with Gasteiger partial charge in [0, 0.05) is 6.54 Å². The Hall–Kier alpha value is -2.38. The fraction of sp³-hybridized carbons (Fsp3) is 0.471. The SMILES string of the molecule is COC(=O)c1ccc2nc(C)c(N3CCCC[C@@H]3C(F)(F)F)nc2c1. The van der Waals surface area contributed by atoms with Gasteiger partial charge in [-0.15, -0.1) is 0 Å². The minimum absolute atomic E-state index is 0.0465. The molecule has 0 saturated carbocycles. The number of esters is 1. The van der Waals surface area contributed by atoms with Gasteiger partial charge in [0.2, 0.25) is 0 Å². The molecule has 1 fully saturated rings. The largest absolute Gasteiger partial charge is 0.465 e. The lowest BCUT2D eigenvalue weighted by atomic mass is 10.0. The number of halogens is 3. The number of piperidine rings is 1. The second-order valence-electron chi connectivity index (χ2n) is 6.07. The van der Waals surface area contributed by atoms with Crippen molar-refractivity contribution in [1.29, 1.82) is 0 Å². The third-order valence-corrected chi connectivity index (χ3v) is 4.39. The number of rotatable bonds is 2. The zero-order valence-corrected chi connectivity index (χ0v) is 13.9. The number of aromatic nitrogens is 2. The molecule has 0 amide bonds. The summed E-state index contributed by atoms with van der Waals surface area (Å²) in [5.41, 5.74) is 1.61. The maximum Gasteiger partial charge on any atom is 0.408 e. The van der Waals surface area contributed by atoms with Crippen molar-refractivity contribution in [1.82, 2.24) is 9.97 Å². The predicted octanol–water partition coefficient (Wildman–Crippen LogP) is 3.65. The molecule has 2 heterocycles. The van der Waals surface area contributed by atoms with Crippen molar-refractivity contribution in [2.75, 3.05) is 18.6 Å². The molecule has 1 saturated heterocycles. The molecule has 3 rings (SSSR count). The number of aryl methyl sites for hydroxylation is 1. The minimum atomic E-state index is -4.32.